The summed E-state index contributed by atoms with van der Waals surface area (Å²) in [5, 5.41) is 0. The molecule has 0 aliphatic carbocycles. The quantitative estimate of drug-likeness (QED) is 0.831. The Hall–Kier alpha value is -2.67. The molecule has 1 atom stereocenters. The largest absolute Gasteiger partial charge is 0.493 e. The van der Waals surface area contributed by atoms with E-state index in [1.165, 1.54) is 11.8 Å². The molecule has 0 bridgehead atoms. The van der Waals surface area contributed by atoms with Crippen molar-refractivity contribution >= 4 is 35.0 Å². The van der Waals surface area contributed by atoms with Gasteiger partial charge in [-0.05, 0) is 18.2 Å². The minimum atomic E-state index is -1.08. The van der Waals surface area contributed by atoms with Gasteiger partial charge in [-0.15, -0.1) is 11.8 Å². The molecule has 0 radical (unpaired) electrons. The topological polar surface area (TPSA) is 59.1 Å². The average molecular weight is 370 g/mol. The molecule has 6 nitrogen and oxygen atoms in total. The van der Waals surface area contributed by atoms with Crippen LogP contribution in [0.2, 0.25) is 0 Å². The number of ether oxygens (including phenoxy) is 2. The van der Waals surface area contributed by atoms with Crippen LogP contribution in [0.5, 0.6) is 11.5 Å². The molecular weight excluding hydrogens is 352 g/mol. The Labute approximate surface area is 155 Å². The summed E-state index contributed by atoms with van der Waals surface area (Å²) in [5.41, 5.74) is 2.26. The van der Waals surface area contributed by atoms with E-state index in [-0.39, 0.29) is 17.6 Å². The number of amides is 2. The van der Waals surface area contributed by atoms with Gasteiger partial charge in [0.15, 0.2) is 11.5 Å². The minimum Gasteiger partial charge on any atom is -0.493 e. The molecule has 0 N–H and O–H groups in total. The highest BCUT2D eigenvalue weighted by atomic mass is 32.2. The summed E-state index contributed by atoms with van der Waals surface area (Å²) < 4.78 is 10.7. The third-order valence-electron chi connectivity index (χ3n) is 4.82. The number of carbonyl (C=O) groups is 2. The normalized spacial score (nSPS) is 21.5. The number of nitrogens with zero attached hydrogens (tertiary/aromatic N) is 2. The van der Waals surface area contributed by atoms with Crippen LogP contribution in [0.25, 0.3) is 0 Å². The Balaban J connectivity index is 1.91. The van der Waals surface area contributed by atoms with Crippen LogP contribution in [0.4, 0.5) is 11.4 Å². The van der Waals surface area contributed by atoms with Crippen LogP contribution in [0.1, 0.15) is 5.56 Å². The van der Waals surface area contributed by atoms with Gasteiger partial charge in [0.2, 0.25) is 10.8 Å². The monoisotopic (exact) mass is 370 g/mol. The number of methoxy groups -OCH3 is 2. The van der Waals surface area contributed by atoms with Crippen molar-refractivity contribution in [1.29, 1.82) is 0 Å². The Morgan fingerprint density at radius 2 is 1.77 bits per heavy atom. The number of hydrogen-bond acceptors (Lipinski definition) is 5. The van der Waals surface area contributed by atoms with Gasteiger partial charge in [0.05, 0.1) is 25.7 Å². The van der Waals surface area contributed by atoms with Crippen molar-refractivity contribution in [3.63, 3.8) is 0 Å². The average Bonchev–Trinajstić information content (AvgIpc) is 3.13. The molecule has 0 aromatic heterocycles. The molecule has 134 valence electrons. The van der Waals surface area contributed by atoms with Gasteiger partial charge < -0.3 is 14.4 Å². The van der Waals surface area contributed by atoms with E-state index in [4.69, 9.17) is 9.47 Å². The molecule has 0 unspecified atom stereocenters. The van der Waals surface area contributed by atoms with Crippen molar-refractivity contribution in [3.8, 4) is 11.5 Å². The van der Waals surface area contributed by atoms with E-state index in [0.717, 1.165) is 11.3 Å². The number of anilines is 2. The zero-order valence-corrected chi connectivity index (χ0v) is 15.5. The van der Waals surface area contributed by atoms with Crippen LogP contribution >= 0.6 is 11.8 Å². The Morgan fingerprint density at radius 1 is 1.04 bits per heavy atom. The van der Waals surface area contributed by atoms with Gasteiger partial charge in [0, 0.05) is 24.4 Å². The minimum absolute atomic E-state index is 0.110. The van der Waals surface area contributed by atoms with Gasteiger partial charge in [0.25, 0.3) is 5.91 Å². The SMILES string of the molecule is COc1ccc(N2C(=O)CS[C@]23C(=O)N(C)c2ccccc23)cc1OC. The lowest BCUT2D eigenvalue weighted by atomic mass is 10.0. The number of benzene rings is 2. The Bertz CT molecular complexity index is 916. The first-order chi connectivity index (χ1) is 12.5. The first kappa shape index (κ1) is 16.8. The highest BCUT2D eigenvalue weighted by Gasteiger charge is 2.60. The molecule has 2 aromatic rings. The Kier molecular flexibility index (Phi) is 3.84. The van der Waals surface area contributed by atoms with Crippen molar-refractivity contribution in [1.82, 2.24) is 0 Å². The van der Waals surface area contributed by atoms with Gasteiger partial charge in [-0.2, -0.15) is 0 Å². The molecule has 1 spiro atoms. The summed E-state index contributed by atoms with van der Waals surface area (Å²) in [6, 6.07) is 12.9. The smallest absolute Gasteiger partial charge is 0.268 e. The van der Waals surface area contributed by atoms with Gasteiger partial charge in [-0.1, -0.05) is 18.2 Å². The molecule has 2 aromatic carbocycles. The zero-order valence-electron chi connectivity index (χ0n) is 14.7. The lowest BCUT2D eigenvalue weighted by Gasteiger charge is -2.33. The lowest BCUT2D eigenvalue weighted by Crippen LogP contribution is -2.49. The fourth-order valence-corrected chi connectivity index (χ4v) is 5.01. The molecule has 2 heterocycles. The van der Waals surface area contributed by atoms with E-state index in [2.05, 4.69) is 0 Å². The van der Waals surface area contributed by atoms with Crippen molar-refractivity contribution in [2.45, 2.75) is 4.87 Å². The van der Waals surface area contributed by atoms with Crippen LogP contribution < -0.4 is 19.3 Å². The van der Waals surface area contributed by atoms with E-state index in [9.17, 15) is 9.59 Å². The first-order valence-electron chi connectivity index (χ1n) is 8.11. The summed E-state index contributed by atoms with van der Waals surface area (Å²) in [4.78, 5) is 28.2. The number of fused-ring (bicyclic) bond motifs is 2. The third-order valence-corrected chi connectivity index (χ3v) is 6.21. The molecule has 2 aliphatic rings. The summed E-state index contributed by atoms with van der Waals surface area (Å²) in [6.07, 6.45) is 0. The maximum atomic E-state index is 13.2. The summed E-state index contributed by atoms with van der Waals surface area (Å²) in [7, 11) is 4.84. The number of carbonyl (C=O) groups excluding carboxylic acids is 2. The van der Waals surface area contributed by atoms with Crippen LogP contribution in [0, 0.1) is 0 Å². The number of hydrogen-bond donors (Lipinski definition) is 0. The van der Waals surface area contributed by atoms with Crippen LogP contribution in [0.3, 0.4) is 0 Å². The molecule has 2 aliphatic heterocycles. The fourth-order valence-electron chi connectivity index (χ4n) is 3.62. The number of thioether (sulfide) groups is 1. The molecule has 4 rings (SSSR count). The van der Waals surface area contributed by atoms with Gasteiger partial charge in [0.1, 0.15) is 0 Å². The van der Waals surface area contributed by atoms with Crippen molar-refractivity contribution in [2.75, 3.05) is 36.8 Å². The Morgan fingerprint density at radius 3 is 2.50 bits per heavy atom. The zero-order chi connectivity index (χ0) is 18.5. The second-order valence-corrected chi connectivity index (χ2v) is 7.25. The van der Waals surface area contributed by atoms with Gasteiger partial charge in [-0.25, -0.2) is 0 Å². The second-order valence-electron chi connectivity index (χ2n) is 6.08. The standard InChI is InChI=1S/C19H18N2O4S/c1-20-14-7-5-4-6-13(14)19(18(20)23)21(17(22)11-26-19)12-8-9-15(24-2)16(10-12)25-3/h4-10H,11H2,1-3H3/t19-/m1/s1. The summed E-state index contributed by atoms with van der Waals surface area (Å²) in [6.45, 7) is 0. The second kappa shape index (κ2) is 5.95. The predicted octanol–water partition coefficient (Wildman–Crippen LogP) is 2.61. The fraction of sp³-hybridized carbons (Fsp3) is 0.263. The molecule has 7 heteroatoms. The molecule has 26 heavy (non-hydrogen) atoms. The highest BCUT2D eigenvalue weighted by Crippen LogP contribution is 2.55. The third kappa shape index (κ3) is 2.07. The molecule has 0 saturated carbocycles. The summed E-state index contributed by atoms with van der Waals surface area (Å²) >= 11 is 1.35. The van der Waals surface area contributed by atoms with Crippen LogP contribution in [0.15, 0.2) is 42.5 Å². The van der Waals surface area contributed by atoms with E-state index in [1.807, 2.05) is 24.3 Å². The maximum absolute atomic E-state index is 13.2. The molecule has 1 fully saturated rings. The number of para-hydroxylation sites is 1. The molecular formula is C19H18N2O4S. The first-order valence-corrected chi connectivity index (χ1v) is 9.10. The summed E-state index contributed by atoms with van der Waals surface area (Å²) in [5.74, 6) is 1.09. The van der Waals surface area contributed by atoms with E-state index >= 15 is 0 Å². The molecule has 1 saturated heterocycles. The number of likely N-dealkylation sites (N-methyl/N-ethyl adjacent to an activating group) is 1. The number of rotatable bonds is 3. The van der Waals surface area contributed by atoms with E-state index in [0.29, 0.717) is 17.2 Å². The van der Waals surface area contributed by atoms with Crippen molar-refractivity contribution in [2.24, 2.45) is 0 Å². The van der Waals surface area contributed by atoms with Gasteiger partial charge >= 0.3 is 0 Å². The maximum Gasteiger partial charge on any atom is 0.268 e. The van der Waals surface area contributed by atoms with Crippen molar-refractivity contribution in [3.05, 3.63) is 48.0 Å². The lowest BCUT2D eigenvalue weighted by molar-refractivity contribution is -0.123. The van der Waals surface area contributed by atoms with E-state index in [1.54, 1.807) is 49.3 Å². The highest BCUT2D eigenvalue weighted by molar-refractivity contribution is 8.02. The molecule has 2 amide bonds. The predicted molar refractivity (Wildman–Crippen MR) is 101 cm³/mol. The van der Waals surface area contributed by atoms with Crippen molar-refractivity contribution < 1.29 is 19.1 Å². The van der Waals surface area contributed by atoms with Crippen LogP contribution in [-0.4, -0.2) is 38.8 Å². The van der Waals surface area contributed by atoms with Gasteiger partial charge in [-0.3, -0.25) is 14.5 Å². The van der Waals surface area contributed by atoms with E-state index < -0.39 is 4.87 Å². The van der Waals surface area contributed by atoms with Crippen LogP contribution in [-0.2, 0) is 14.5 Å².